The lowest BCUT2D eigenvalue weighted by molar-refractivity contribution is -0.118. The van der Waals surface area contributed by atoms with Gasteiger partial charge in [0.2, 0.25) is 0 Å². The molecule has 0 radical (unpaired) electrons. The number of hydrogen-bond acceptors (Lipinski definition) is 4. The number of carbonyl (C=O) groups excluding carboxylic acids is 1. The first-order chi connectivity index (χ1) is 11.7. The first kappa shape index (κ1) is 18.9. The molecule has 0 fully saturated rings. The lowest BCUT2D eigenvalue weighted by Gasteiger charge is -2.10. The molecule has 2 rings (SSSR count). The van der Waals surface area contributed by atoms with Gasteiger partial charge in [0.1, 0.15) is 0 Å². The molecule has 7 nitrogen and oxygen atoms in total. The average Bonchev–Trinajstić information content (AvgIpc) is 2.93. The van der Waals surface area contributed by atoms with Gasteiger partial charge in [0, 0.05) is 26.6 Å². The van der Waals surface area contributed by atoms with Gasteiger partial charge < -0.3 is 4.57 Å². The summed E-state index contributed by atoms with van der Waals surface area (Å²) in [5, 5.41) is 0. The molecule has 0 saturated carbocycles. The molecule has 0 N–H and O–H groups in total. The van der Waals surface area contributed by atoms with Crippen molar-refractivity contribution in [2.45, 2.75) is 46.6 Å². The smallest absolute Gasteiger partial charge is 0.328 e. The van der Waals surface area contributed by atoms with Crippen LogP contribution in [0.25, 0.3) is 11.2 Å². The van der Waals surface area contributed by atoms with E-state index in [2.05, 4.69) is 4.98 Å². The van der Waals surface area contributed by atoms with Crippen LogP contribution in [0, 0.1) is 5.92 Å². The van der Waals surface area contributed by atoms with E-state index < -0.39 is 0 Å². The van der Waals surface area contributed by atoms with Crippen molar-refractivity contribution in [2.24, 2.45) is 20.0 Å². The third kappa shape index (κ3) is 3.97. The first-order valence-electron chi connectivity index (χ1n) is 8.53. The molecule has 0 aliphatic carbocycles. The van der Waals surface area contributed by atoms with E-state index in [-0.39, 0.29) is 23.0 Å². The Morgan fingerprint density at radius 1 is 1.24 bits per heavy atom. The SMILES string of the molecule is CC(C)=CC(=O)C(C)CCCCn1c(=O)c2c(ncn2C)n(C)c1=O. The Labute approximate surface area is 146 Å². The minimum absolute atomic E-state index is 0.0472. The van der Waals surface area contributed by atoms with Crippen molar-refractivity contribution in [3.8, 4) is 0 Å². The fourth-order valence-corrected chi connectivity index (χ4v) is 2.88. The zero-order chi connectivity index (χ0) is 18.7. The number of allylic oxidation sites excluding steroid dienone is 2. The zero-order valence-electron chi connectivity index (χ0n) is 15.6. The Kier molecular flexibility index (Phi) is 5.77. The van der Waals surface area contributed by atoms with E-state index in [1.54, 1.807) is 24.7 Å². The summed E-state index contributed by atoms with van der Waals surface area (Å²) in [6.07, 6.45) is 5.40. The van der Waals surface area contributed by atoms with Crippen LogP contribution in [0.15, 0.2) is 27.6 Å². The highest BCUT2D eigenvalue weighted by Gasteiger charge is 2.15. The van der Waals surface area contributed by atoms with Gasteiger partial charge in [0.05, 0.1) is 6.33 Å². The standard InChI is InChI=1S/C18H26N4O3/c1-12(2)10-14(23)13(3)8-6-7-9-22-17(24)15-16(19-11-20(15)4)21(5)18(22)25/h10-11,13H,6-9H2,1-5H3. The number of aryl methyl sites for hydroxylation is 2. The van der Waals surface area contributed by atoms with Crippen LogP contribution in [0.5, 0.6) is 0 Å². The van der Waals surface area contributed by atoms with Gasteiger partial charge in [-0.1, -0.05) is 18.9 Å². The predicted octanol–water partition coefficient (Wildman–Crippen LogP) is 1.78. The molecular weight excluding hydrogens is 320 g/mol. The fourth-order valence-electron chi connectivity index (χ4n) is 2.88. The zero-order valence-corrected chi connectivity index (χ0v) is 15.6. The topological polar surface area (TPSA) is 78.9 Å². The summed E-state index contributed by atoms with van der Waals surface area (Å²) in [5.41, 5.74) is 1.15. The van der Waals surface area contributed by atoms with Gasteiger partial charge in [-0.05, 0) is 32.8 Å². The van der Waals surface area contributed by atoms with E-state index in [0.29, 0.717) is 24.1 Å². The molecule has 0 spiro atoms. The molecule has 0 aliphatic heterocycles. The lowest BCUT2D eigenvalue weighted by Crippen LogP contribution is -2.39. The summed E-state index contributed by atoms with van der Waals surface area (Å²) in [7, 11) is 3.36. The number of rotatable bonds is 7. The highest BCUT2D eigenvalue weighted by Crippen LogP contribution is 2.11. The molecule has 0 aliphatic rings. The molecule has 7 heteroatoms. The molecule has 1 unspecified atom stereocenters. The Morgan fingerprint density at radius 2 is 1.92 bits per heavy atom. The van der Waals surface area contributed by atoms with Crippen molar-refractivity contribution >= 4 is 16.9 Å². The predicted molar refractivity (Wildman–Crippen MR) is 97.7 cm³/mol. The molecule has 136 valence electrons. The molecule has 0 bridgehead atoms. The summed E-state index contributed by atoms with van der Waals surface area (Å²) < 4.78 is 4.29. The number of nitrogens with zero attached hydrogens (tertiary/aromatic N) is 4. The number of carbonyl (C=O) groups is 1. The lowest BCUT2D eigenvalue weighted by atomic mass is 9.98. The average molecular weight is 346 g/mol. The molecule has 1 atom stereocenters. The molecule has 0 saturated heterocycles. The van der Waals surface area contributed by atoms with Gasteiger partial charge in [0.25, 0.3) is 5.56 Å². The van der Waals surface area contributed by atoms with Gasteiger partial charge in [-0.2, -0.15) is 0 Å². The second-order valence-corrected chi connectivity index (χ2v) is 6.85. The van der Waals surface area contributed by atoms with Crippen molar-refractivity contribution < 1.29 is 4.79 Å². The first-order valence-corrected chi connectivity index (χ1v) is 8.53. The van der Waals surface area contributed by atoms with Crippen LogP contribution < -0.4 is 11.2 Å². The minimum Gasteiger partial charge on any atom is -0.328 e. The summed E-state index contributed by atoms with van der Waals surface area (Å²) in [6.45, 7) is 6.06. The van der Waals surface area contributed by atoms with Crippen molar-refractivity contribution in [1.82, 2.24) is 18.7 Å². The monoisotopic (exact) mass is 346 g/mol. The van der Waals surface area contributed by atoms with Crippen molar-refractivity contribution in [2.75, 3.05) is 0 Å². The van der Waals surface area contributed by atoms with E-state index in [9.17, 15) is 14.4 Å². The molecule has 0 aromatic carbocycles. The Morgan fingerprint density at radius 3 is 2.56 bits per heavy atom. The van der Waals surface area contributed by atoms with Crippen LogP contribution in [0.2, 0.25) is 0 Å². The van der Waals surface area contributed by atoms with E-state index in [1.165, 1.54) is 15.5 Å². The third-order valence-corrected chi connectivity index (χ3v) is 4.39. The van der Waals surface area contributed by atoms with Crippen LogP contribution in [0.4, 0.5) is 0 Å². The number of ketones is 1. The van der Waals surface area contributed by atoms with E-state index in [0.717, 1.165) is 18.4 Å². The number of fused-ring (bicyclic) bond motifs is 1. The molecule has 25 heavy (non-hydrogen) atoms. The summed E-state index contributed by atoms with van der Waals surface area (Å²) in [6, 6.07) is 0. The maximum Gasteiger partial charge on any atom is 0.332 e. The van der Waals surface area contributed by atoms with Crippen LogP contribution in [0.3, 0.4) is 0 Å². The largest absolute Gasteiger partial charge is 0.332 e. The van der Waals surface area contributed by atoms with E-state index in [4.69, 9.17) is 0 Å². The molecule has 2 aromatic heterocycles. The second-order valence-electron chi connectivity index (χ2n) is 6.85. The summed E-state index contributed by atoms with van der Waals surface area (Å²) in [4.78, 5) is 41.0. The van der Waals surface area contributed by atoms with Crippen LogP contribution in [-0.2, 0) is 25.4 Å². The Hall–Kier alpha value is -2.44. The van der Waals surface area contributed by atoms with Crippen molar-refractivity contribution in [3.63, 3.8) is 0 Å². The fraction of sp³-hybridized carbons (Fsp3) is 0.556. The number of hydrogen-bond donors (Lipinski definition) is 0. The minimum atomic E-state index is -0.357. The van der Waals surface area contributed by atoms with E-state index >= 15 is 0 Å². The van der Waals surface area contributed by atoms with Crippen LogP contribution in [-0.4, -0.2) is 24.5 Å². The number of aromatic nitrogens is 4. The van der Waals surface area contributed by atoms with Crippen molar-refractivity contribution in [3.05, 3.63) is 38.8 Å². The molecule has 2 heterocycles. The van der Waals surface area contributed by atoms with Gasteiger partial charge >= 0.3 is 5.69 Å². The van der Waals surface area contributed by atoms with Crippen LogP contribution >= 0.6 is 0 Å². The Balaban J connectivity index is 2.08. The van der Waals surface area contributed by atoms with Crippen LogP contribution in [0.1, 0.15) is 40.0 Å². The van der Waals surface area contributed by atoms with Gasteiger partial charge in [-0.15, -0.1) is 0 Å². The van der Waals surface area contributed by atoms with E-state index in [1.807, 2.05) is 20.8 Å². The normalized spacial score (nSPS) is 12.4. The molecule has 0 amide bonds. The van der Waals surface area contributed by atoms with Crippen molar-refractivity contribution in [1.29, 1.82) is 0 Å². The number of unbranched alkanes of at least 4 members (excludes halogenated alkanes) is 1. The Bertz CT molecular complexity index is 926. The quantitative estimate of drug-likeness (QED) is 0.565. The molecule has 2 aromatic rings. The molecular formula is C18H26N4O3. The third-order valence-electron chi connectivity index (χ3n) is 4.39. The highest BCUT2D eigenvalue weighted by atomic mass is 16.2. The number of imidazole rings is 1. The van der Waals surface area contributed by atoms with Gasteiger partial charge in [-0.25, -0.2) is 9.78 Å². The maximum absolute atomic E-state index is 12.6. The second kappa shape index (κ2) is 7.63. The van der Waals surface area contributed by atoms with Gasteiger partial charge in [0.15, 0.2) is 16.9 Å². The maximum atomic E-state index is 12.6. The summed E-state index contributed by atoms with van der Waals surface area (Å²) in [5.74, 6) is 0.0818. The van der Waals surface area contributed by atoms with Gasteiger partial charge in [-0.3, -0.25) is 18.7 Å². The highest BCUT2D eigenvalue weighted by molar-refractivity contribution is 5.91. The summed E-state index contributed by atoms with van der Waals surface area (Å²) >= 11 is 0.